The minimum Gasteiger partial charge on any atom is -0.456 e. The molecular weight excluding hydrogens is 378 g/mol. The molecule has 2 saturated heterocycles. The van der Waals surface area contributed by atoms with Crippen molar-refractivity contribution >= 4 is 39.6 Å². The number of esters is 1. The fraction of sp³-hybridized carbons (Fsp3) is 0.412. The number of halogens is 1. The zero-order valence-corrected chi connectivity index (χ0v) is 15.6. The molecule has 3 rings (SSSR count). The molecule has 2 heterocycles. The number of allylic oxidation sites excluding steroid dienone is 1. The van der Waals surface area contributed by atoms with E-state index in [1.165, 1.54) is 0 Å². The molecule has 2 aliphatic rings. The molecule has 4 nitrogen and oxygen atoms in total. The highest BCUT2D eigenvalue weighted by atomic mass is 79.9. The summed E-state index contributed by atoms with van der Waals surface area (Å²) in [5.74, 6) is -0.501. The van der Waals surface area contributed by atoms with Crippen molar-refractivity contribution in [2.45, 2.75) is 42.3 Å². The van der Waals surface area contributed by atoms with Crippen molar-refractivity contribution in [1.29, 1.82) is 0 Å². The third kappa shape index (κ3) is 2.52. The number of carbonyl (C=O) groups excluding carboxylic acids is 2. The van der Waals surface area contributed by atoms with Crippen LogP contribution in [0.2, 0.25) is 0 Å². The number of nitrogens with zero attached hydrogens (tertiary/aromatic N) is 1. The van der Waals surface area contributed by atoms with Gasteiger partial charge < -0.3 is 4.74 Å². The number of ether oxygens (including phenoxy) is 1. The second-order valence-electron chi connectivity index (χ2n) is 5.98. The van der Waals surface area contributed by atoms with E-state index in [4.69, 9.17) is 4.74 Å². The summed E-state index contributed by atoms with van der Waals surface area (Å²) in [5.41, 5.74) is 2.07. The molecule has 0 radical (unpaired) electrons. The van der Waals surface area contributed by atoms with E-state index in [-0.39, 0.29) is 23.1 Å². The second-order valence-corrected chi connectivity index (χ2v) is 8.72. The molecule has 0 spiro atoms. The summed E-state index contributed by atoms with van der Waals surface area (Å²) < 4.78 is 4.89. The summed E-state index contributed by atoms with van der Waals surface area (Å²) >= 11 is 5.23. The predicted octanol–water partition coefficient (Wildman–Crippen LogP) is 3.46. The molecule has 1 unspecified atom stereocenters. The summed E-state index contributed by atoms with van der Waals surface area (Å²) in [6.45, 7) is 5.87. The minimum absolute atomic E-state index is 0.0285. The Morgan fingerprint density at radius 2 is 2.00 bits per heavy atom. The normalized spacial score (nSPS) is 28.3. The number of rotatable bonds is 4. The third-order valence-corrected chi connectivity index (χ3v) is 7.87. The maximum Gasteiger partial charge on any atom is 0.355 e. The zero-order chi connectivity index (χ0) is 16.8. The highest BCUT2D eigenvalue weighted by Crippen LogP contribution is 2.61. The smallest absolute Gasteiger partial charge is 0.355 e. The number of hydrogen-bond acceptors (Lipinski definition) is 4. The van der Waals surface area contributed by atoms with E-state index >= 15 is 0 Å². The number of thioether (sulfide) groups is 1. The molecule has 1 amide bonds. The second kappa shape index (κ2) is 5.98. The number of β-lactam (4-membered cyclic amide) rings is 1. The quantitative estimate of drug-likeness (QED) is 0.339. The zero-order valence-electron chi connectivity index (χ0n) is 13.2. The number of amides is 1. The number of carbonyl (C=O) groups is 2. The molecule has 3 atom stereocenters. The van der Waals surface area contributed by atoms with Crippen LogP contribution in [-0.4, -0.2) is 31.7 Å². The first-order chi connectivity index (χ1) is 10.9. The molecule has 122 valence electrons. The van der Waals surface area contributed by atoms with Crippen LogP contribution < -0.4 is 0 Å². The third-order valence-electron chi connectivity index (χ3n) is 4.19. The molecule has 23 heavy (non-hydrogen) atoms. The van der Waals surface area contributed by atoms with E-state index in [1.807, 2.05) is 51.1 Å². The summed E-state index contributed by atoms with van der Waals surface area (Å²) in [6, 6.07) is 9.51. The molecule has 2 fully saturated rings. The van der Waals surface area contributed by atoms with Crippen LogP contribution in [0.25, 0.3) is 0 Å². The maximum absolute atomic E-state index is 12.5. The van der Waals surface area contributed by atoms with Crippen LogP contribution in [0, 0.1) is 0 Å². The van der Waals surface area contributed by atoms with Gasteiger partial charge >= 0.3 is 5.97 Å². The summed E-state index contributed by atoms with van der Waals surface area (Å²) in [6.07, 6.45) is 0. The largest absolute Gasteiger partial charge is 0.456 e. The van der Waals surface area contributed by atoms with Crippen LogP contribution in [0.1, 0.15) is 26.3 Å². The van der Waals surface area contributed by atoms with E-state index in [2.05, 4.69) is 15.9 Å². The van der Waals surface area contributed by atoms with Gasteiger partial charge in [0.1, 0.15) is 22.0 Å². The Morgan fingerprint density at radius 1 is 1.35 bits per heavy atom. The van der Waals surface area contributed by atoms with Crippen LogP contribution in [0.4, 0.5) is 0 Å². The Morgan fingerprint density at radius 3 is 2.52 bits per heavy atom. The van der Waals surface area contributed by atoms with E-state index in [0.717, 1.165) is 11.1 Å². The highest BCUT2D eigenvalue weighted by Gasteiger charge is 2.71. The van der Waals surface area contributed by atoms with Gasteiger partial charge in [-0.3, -0.25) is 9.69 Å². The Kier molecular flexibility index (Phi) is 4.31. The number of hydrogen-bond donors (Lipinski definition) is 0. The molecule has 0 aliphatic carbocycles. The van der Waals surface area contributed by atoms with E-state index in [1.54, 1.807) is 16.7 Å². The molecule has 1 aromatic carbocycles. The lowest BCUT2D eigenvalue weighted by Crippen LogP contribution is -2.79. The van der Waals surface area contributed by atoms with Gasteiger partial charge in [-0.05, 0) is 25.0 Å². The molecule has 1 aromatic rings. The van der Waals surface area contributed by atoms with Crippen molar-refractivity contribution in [3.63, 3.8) is 0 Å². The van der Waals surface area contributed by atoms with E-state index in [9.17, 15) is 9.59 Å². The van der Waals surface area contributed by atoms with Crippen molar-refractivity contribution in [2.75, 3.05) is 0 Å². The maximum atomic E-state index is 12.5. The monoisotopic (exact) mass is 395 g/mol. The van der Waals surface area contributed by atoms with Crippen molar-refractivity contribution in [3.8, 4) is 0 Å². The molecule has 6 heteroatoms. The minimum atomic E-state index is -0.516. The Hall–Kier alpha value is -1.27. The molecule has 0 bridgehead atoms. The fourth-order valence-corrected chi connectivity index (χ4v) is 5.29. The van der Waals surface area contributed by atoms with Crippen LogP contribution >= 0.6 is 27.7 Å². The van der Waals surface area contributed by atoms with Crippen LogP contribution in [0.3, 0.4) is 0 Å². The first-order valence-corrected chi connectivity index (χ1v) is 9.17. The summed E-state index contributed by atoms with van der Waals surface area (Å²) in [4.78, 5) is 26.6. The van der Waals surface area contributed by atoms with Gasteiger partial charge in [-0.1, -0.05) is 53.2 Å². The molecule has 0 saturated carbocycles. The lowest BCUT2D eigenvalue weighted by Gasteiger charge is -2.63. The molecule has 0 N–H and O–H groups in total. The summed E-state index contributed by atoms with van der Waals surface area (Å²) in [5, 5.41) is 0.189. The van der Waals surface area contributed by atoms with Crippen LogP contribution in [0.5, 0.6) is 0 Å². The SMILES string of the molecule is CC(C)=C(C(=O)OCc1ccccc1)N1C(=O)[C@]2(Br)C1S[C@@H]2C. The fourth-order valence-electron chi connectivity index (χ4n) is 2.83. The highest BCUT2D eigenvalue weighted by molar-refractivity contribution is 9.10. The van der Waals surface area contributed by atoms with Gasteiger partial charge in [0, 0.05) is 5.25 Å². The van der Waals surface area contributed by atoms with Gasteiger partial charge in [0.25, 0.3) is 0 Å². The molecule has 2 aliphatic heterocycles. The van der Waals surface area contributed by atoms with Gasteiger partial charge in [0.15, 0.2) is 0 Å². The standard InChI is InChI=1S/C17H18BrNO3S/c1-10(2)13(14(20)22-9-12-7-5-4-6-8-12)19-15(21)17(18)11(3)23-16(17)19/h4-8,11,16H,9H2,1-3H3/t11-,16?,17+/m1/s1. The first-order valence-electron chi connectivity index (χ1n) is 7.44. The van der Waals surface area contributed by atoms with Gasteiger partial charge in [-0.15, -0.1) is 11.8 Å². The Labute approximate surface area is 148 Å². The molecule has 0 aromatic heterocycles. The van der Waals surface area contributed by atoms with Gasteiger partial charge in [0.05, 0.1) is 0 Å². The lowest BCUT2D eigenvalue weighted by atomic mass is 9.91. The number of alkyl halides is 1. The van der Waals surface area contributed by atoms with Crippen molar-refractivity contribution < 1.29 is 14.3 Å². The van der Waals surface area contributed by atoms with Crippen molar-refractivity contribution in [2.24, 2.45) is 0 Å². The van der Waals surface area contributed by atoms with Gasteiger partial charge in [-0.25, -0.2) is 4.79 Å². The van der Waals surface area contributed by atoms with Crippen molar-refractivity contribution in [3.05, 3.63) is 47.2 Å². The van der Waals surface area contributed by atoms with Gasteiger partial charge in [0.2, 0.25) is 5.91 Å². The Balaban J connectivity index is 1.73. The molecular formula is C17H18BrNO3S. The number of fused-ring (bicyclic) bond motifs is 1. The average Bonchev–Trinajstić information content (AvgIpc) is 2.55. The number of likely N-dealkylation sites (tertiary alicyclic amines) is 1. The predicted molar refractivity (Wildman–Crippen MR) is 94.0 cm³/mol. The summed E-state index contributed by atoms with van der Waals surface area (Å²) in [7, 11) is 0. The topological polar surface area (TPSA) is 46.6 Å². The lowest BCUT2D eigenvalue weighted by molar-refractivity contribution is -0.153. The van der Waals surface area contributed by atoms with E-state index < -0.39 is 10.3 Å². The van der Waals surface area contributed by atoms with Crippen LogP contribution in [0.15, 0.2) is 41.6 Å². The number of benzene rings is 1. The van der Waals surface area contributed by atoms with E-state index in [0.29, 0.717) is 5.70 Å². The van der Waals surface area contributed by atoms with Gasteiger partial charge in [-0.2, -0.15) is 0 Å². The van der Waals surface area contributed by atoms with Crippen LogP contribution in [-0.2, 0) is 20.9 Å². The average molecular weight is 396 g/mol. The first kappa shape index (κ1) is 16.6. The van der Waals surface area contributed by atoms with Crippen molar-refractivity contribution in [1.82, 2.24) is 4.90 Å². The Bertz CT molecular complexity index is 686.